The SMILES string of the molecule is CN=C(NCCOCc1ccccc1)N1CCS(=O)(=O)C(C)(C)C1.I. The Labute approximate surface area is 168 Å². The molecular weight excluding hydrogens is 453 g/mol. The first kappa shape index (κ1) is 22.2. The van der Waals surface area contributed by atoms with Gasteiger partial charge in [0.25, 0.3) is 0 Å². The van der Waals surface area contributed by atoms with Crippen molar-refractivity contribution in [2.75, 3.05) is 39.0 Å². The summed E-state index contributed by atoms with van der Waals surface area (Å²) in [6, 6.07) is 10.0. The van der Waals surface area contributed by atoms with Gasteiger partial charge >= 0.3 is 0 Å². The number of guanidine groups is 1. The Bertz CT molecular complexity index is 663. The molecule has 1 heterocycles. The first-order valence-corrected chi connectivity index (χ1v) is 9.80. The fourth-order valence-electron chi connectivity index (χ4n) is 2.66. The molecule has 0 spiro atoms. The summed E-state index contributed by atoms with van der Waals surface area (Å²) < 4.78 is 29.1. The predicted octanol–water partition coefficient (Wildman–Crippen LogP) is 1.91. The first-order valence-electron chi connectivity index (χ1n) is 8.15. The molecule has 1 aromatic rings. The molecule has 0 radical (unpaired) electrons. The van der Waals surface area contributed by atoms with Gasteiger partial charge < -0.3 is 15.0 Å². The van der Waals surface area contributed by atoms with Crippen LogP contribution in [0.1, 0.15) is 19.4 Å². The lowest BCUT2D eigenvalue weighted by Gasteiger charge is -2.39. The van der Waals surface area contributed by atoms with Gasteiger partial charge in [-0.2, -0.15) is 0 Å². The monoisotopic (exact) mass is 481 g/mol. The molecule has 142 valence electrons. The molecule has 1 N–H and O–H groups in total. The smallest absolute Gasteiger partial charge is 0.193 e. The number of nitrogens with one attached hydrogen (secondary N) is 1. The highest BCUT2D eigenvalue weighted by atomic mass is 127. The molecule has 1 fully saturated rings. The number of benzene rings is 1. The van der Waals surface area contributed by atoms with Gasteiger partial charge in [-0.05, 0) is 19.4 Å². The van der Waals surface area contributed by atoms with E-state index in [1.807, 2.05) is 35.2 Å². The number of aliphatic imine (C=N–C) groups is 1. The normalized spacial score (nSPS) is 19.2. The van der Waals surface area contributed by atoms with Crippen LogP contribution in [0.4, 0.5) is 0 Å². The third kappa shape index (κ3) is 6.10. The molecule has 1 aliphatic rings. The zero-order chi connectivity index (χ0) is 17.6. The minimum atomic E-state index is -3.04. The summed E-state index contributed by atoms with van der Waals surface area (Å²) in [5.74, 6) is 0.881. The van der Waals surface area contributed by atoms with Gasteiger partial charge in [0, 0.05) is 26.7 Å². The molecule has 0 aromatic heterocycles. The number of nitrogens with zero attached hydrogens (tertiary/aromatic N) is 2. The van der Waals surface area contributed by atoms with Crippen LogP contribution in [0, 0.1) is 0 Å². The van der Waals surface area contributed by atoms with Crippen molar-refractivity contribution in [2.45, 2.75) is 25.2 Å². The summed E-state index contributed by atoms with van der Waals surface area (Å²) in [7, 11) is -1.33. The van der Waals surface area contributed by atoms with Crippen LogP contribution in [0.3, 0.4) is 0 Å². The maximum Gasteiger partial charge on any atom is 0.193 e. The van der Waals surface area contributed by atoms with Crippen molar-refractivity contribution in [3.8, 4) is 0 Å². The molecular formula is C17H28IN3O3S. The second-order valence-electron chi connectivity index (χ2n) is 6.51. The Morgan fingerprint density at radius 3 is 2.60 bits per heavy atom. The van der Waals surface area contributed by atoms with E-state index in [1.54, 1.807) is 20.9 Å². The van der Waals surface area contributed by atoms with Crippen molar-refractivity contribution in [3.63, 3.8) is 0 Å². The Kier molecular flexibility index (Phi) is 8.62. The number of hydrogen-bond acceptors (Lipinski definition) is 4. The van der Waals surface area contributed by atoms with Gasteiger partial charge in [0.15, 0.2) is 15.8 Å². The molecule has 0 aliphatic carbocycles. The van der Waals surface area contributed by atoms with Crippen LogP contribution in [0.2, 0.25) is 0 Å². The minimum absolute atomic E-state index is 0. The van der Waals surface area contributed by atoms with Gasteiger partial charge in [0.05, 0.1) is 23.7 Å². The maximum absolute atomic E-state index is 12.1. The largest absolute Gasteiger partial charge is 0.375 e. The van der Waals surface area contributed by atoms with Crippen molar-refractivity contribution >= 4 is 39.8 Å². The number of ether oxygens (including phenoxy) is 1. The summed E-state index contributed by atoms with van der Waals surface area (Å²) in [4.78, 5) is 6.26. The van der Waals surface area contributed by atoms with Crippen molar-refractivity contribution in [3.05, 3.63) is 35.9 Å². The number of hydrogen-bond donors (Lipinski definition) is 1. The maximum atomic E-state index is 12.1. The highest BCUT2D eigenvalue weighted by molar-refractivity contribution is 14.0. The van der Waals surface area contributed by atoms with E-state index in [2.05, 4.69) is 10.3 Å². The molecule has 0 atom stereocenters. The Morgan fingerprint density at radius 1 is 1.32 bits per heavy atom. The lowest BCUT2D eigenvalue weighted by Crippen LogP contribution is -2.57. The van der Waals surface area contributed by atoms with Crippen molar-refractivity contribution < 1.29 is 13.2 Å². The zero-order valence-corrected chi connectivity index (χ0v) is 18.2. The first-order chi connectivity index (χ1) is 11.4. The van der Waals surface area contributed by atoms with Gasteiger partial charge in [-0.25, -0.2) is 8.42 Å². The summed E-state index contributed by atoms with van der Waals surface area (Å²) in [5.41, 5.74) is 1.14. The number of sulfone groups is 1. The standard InChI is InChI=1S/C17H27N3O3S.HI/c1-17(2)14-20(10-12-24(17,21)22)16(18-3)19-9-11-23-13-15-7-5-4-6-8-15;/h4-8H,9-14H2,1-3H3,(H,18,19);1H. The van der Waals surface area contributed by atoms with Crippen LogP contribution in [0.15, 0.2) is 35.3 Å². The highest BCUT2D eigenvalue weighted by Gasteiger charge is 2.40. The van der Waals surface area contributed by atoms with Crippen LogP contribution < -0.4 is 5.32 Å². The number of halogens is 1. The second-order valence-corrected chi connectivity index (χ2v) is 9.26. The molecule has 0 unspecified atom stereocenters. The number of rotatable bonds is 5. The van der Waals surface area contributed by atoms with E-state index in [0.29, 0.717) is 32.8 Å². The van der Waals surface area contributed by atoms with Crippen LogP contribution in [-0.4, -0.2) is 63.1 Å². The topological polar surface area (TPSA) is 71.0 Å². The Morgan fingerprint density at radius 2 is 2.00 bits per heavy atom. The zero-order valence-electron chi connectivity index (χ0n) is 15.1. The Hall–Kier alpha value is -0.870. The molecule has 0 amide bonds. The van der Waals surface area contributed by atoms with Crippen molar-refractivity contribution in [1.82, 2.24) is 10.2 Å². The van der Waals surface area contributed by atoms with E-state index in [9.17, 15) is 8.42 Å². The fraction of sp³-hybridized carbons (Fsp3) is 0.588. The summed E-state index contributed by atoms with van der Waals surface area (Å²) >= 11 is 0. The summed E-state index contributed by atoms with van der Waals surface area (Å²) in [5, 5.41) is 3.25. The fourth-order valence-corrected chi connectivity index (χ4v) is 4.02. The van der Waals surface area contributed by atoms with Gasteiger partial charge in [-0.1, -0.05) is 30.3 Å². The van der Waals surface area contributed by atoms with Crippen LogP contribution in [0.25, 0.3) is 0 Å². The second kappa shape index (κ2) is 9.72. The molecule has 0 saturated carbocycles. The van der Waals surface area contributed by atoms with Gasteiger partial charge in [-0.15, -0.1) is 24.0 Å². The summed E-state index contributed by atoms with van der Waals surface area (Å²) in [6.45, 7) is 6.22. The van der Waals surface area contributed by atoms with Crippen LogP contribution >= 0.6 is 24.0 Å². The third-order valence-corrected chi connectivity index (χ3v) is 6.73. The average Bonchev–Trinajstić information content (AvgIpc) is 2.55. The van der Waals surface area contributed by atoms with E-state index >= 15 is 0 Å². The van der Waals surface area contributed by atoms with E-state index in [0.717, 1.165) is 11.5 Å². The molecule has 1 aliphatic heterocycles. The predicted molar refractivity (Wildman–Crippen MR) is 112 cm³/mol. The van der Waals surface area contributed by atoms with E-state index in [1.165, 1.54) is 0 Å². The molecule has 2 rings (SSSR count). The molecule has 1 aromatic carbocycles. The third-order valence-electron chi connectivity index (χ3n) is 4.20. The molecule has 6 nitrogen and oxygen atoms in total. The lowest BCUT2D eigenvalue weighted by atomic mass is 10.2. The van der Waals surface area contributed by atoms with E-state index in [4.69, 9.17) is 4.74 Å². The lowest BCUT2D eigenvalue weighted by molar-refractivity contribution is 0.125. The highest BCUT2D eigenvalue weighted by Crippen LogP contribution is 2.23. The van der Waals surface area contributed by atoms with Crippen LogP contribution in [0.5, 0.6) is 0 Å². The van der Waals surface area contributed by atoms with Gasteiger partial charge in [-0.3, -0.25) is 4.99 Å². The molecule has 0 bridgehead atoms. The van der Waals surface area contributed by atoms with Gasteiger partial charge in [0.2, 0.25) is 0 Å². The van der Waals surface area contributed by atoms with Gasteiger partial charge in [0.1, 0.15) is 0 Å². The average molecular weight is 481 g/mol. The molecule has 25 heavy (non-hydrogen) atoms. The minimum Gasteiger partial charge on any atom is -0.375 e. The van der Waals surface area contributed by atoms with E-state index in [-0.39, 0.29) is 29.7 Å². The van der Waals surface area contributed by atoms with Crippen molar-refractivity contribution in [2.24, 2.45) is 4.99 Å². The molecule has 8 heteroatoms. The quantitative estimate of drug-likeness (QED) is 0.301. The summed E-state index contributed by atoms with van der Waals surface area (Å²) in [6.07, 6.45) is 0. The molecule has 1 saturated heterocycles. The van der Waals surface area contributed by atoms with Crippen molar-refractivity contribution in [1.29, 1.82) is 0 Å². The van der Waals surface area contributed by atoms with Crippen LogP contribution in [-0.2, 0) is 21.2 Å². The Balaban J connectivity index is 0.00000312. The van der Waals surface area contributed by atoms with E-state index < -0.39 is 14.6 Å².